The van der Waals surface area contributed by atoms with Crippen molar-refractivity contribution in [2.45, 2.75) is 6.54 Å². The normalized spacial score (nSPS) is 10.2. The summed E-state index contributed by atoms with van der Waals surface area (Å²) in [4.78, 5) is 15.6. The minimum Gasteiger partial charge on any atom is -0.310 e. The zero-order valence-electron chi connectivity index (χ0n) is 7.93. The molecular weight excluding hydrogens is 256 g/mol. The Morgan fingerprint density at radius 2 is 2.13 bits per heavy atom. The van der Waals surface area contributed by atoms with Crippen LogP contribution in [0.15, 0.2) is 52.0 Å². The molecule has 76 valence electrons. The molecule has 0 aliphatic carbocycles. The van der Waals surface area contributed by atoms with Crippen molar-refractivity contribution >= 4 is 15.9 Å². The van der Waals surface area contributed by atoms with E-state index in [1.54, 1.807) is 29.1 Å². The average molecular weight is 265 g/mol. The van der Waals surface area contributed by atoms with Crippen LogP contribution in [-0.2, 0) is 6.54 Å². The average Bonchev–Trinajstić information content (AvgIpc) is 2.25. The van der Waals surface area contributed by atoms with E-state index in [2.05, 4.69) is 20.9 Å². The highest BCUT2D eigenvalue weighted by Gasteiger charge is 1.97. The van der Waals surface area contributed by atoms with Gasteiger partial charge < -0.3 is 4.57 Å². The largest absolute Gasteiger partial charge is 0.310 e. The molecule has 15 heavy (non-hydrogen) atoms. The predicted molar refractivity (Wildman–Crippen MR) is 61.7 cm³/mol. The number of hydrogen-bond donors (Lipinski definition) is 0. The first-order chi connectivity index (χ1) is 7.25. The van der Waals surface area contributed by atoms with Gasteiger partial charge in [-0.25, -0.2) is 0 Å². The molecule has 2 aromatic rings. The molecule has 0 aromatic carbocycles. The summed E-state index contributed by atoms with van der Waals surface area (Å²) in [5.41, 5.74) is 0.855. The van der Waals surface area contributed by atoms with Crippen LogP contribution >= 0.6 is 15.9 Å². The fourth-order valence-electron chi connectivity index (χ4n) is 1.27. The number of nitrogens with zero attached hydrogens (tertiary/aromatic N) is 2. The van der Waals surface area contributed by atoms with E-state index in [-0.39, 0.29) is 5.56 Å². The van der Waals surface area contributed by atoms with Gasteiger partial charge in [-0.05, 0) is 34.1 Å². The standard InChI is InChI=1S/C11H9BrN2O/c12-9-4-5-10(13-7-9)8-14-6-2-1-3-11(14)15/h1-7H,8H2. The highest BCUT2D eigenvalue weighted by Crippen LogP contribution is 2.07. The van der Waals surface area contributed by atoms with Crippen LogP contribution in [0.5, 0.6) is 0 Å². The summed E-state index contributed by atoms with van der Waals surface area (Å²) >= 11 is 3.31. The molecule has 0 aliphatic heterocycles. The molecule has 0 saturated heterocycles. The van der Waals surface area contributed by atoms with Gasteiger partial charge in [0.05, 0.1) is 12.2 Å². The molecule has 0 fully saturated rings. The molecule has 0 aliphatic rings. The van der Waals surface area contributed by atoms with E-state index in [1.807, 2.05) is 18.2 Å². The second-order valence-electron chi connectivity index (χ2n) is 3.13. The van der Waals surface area contributed by atoms with Gasteiger partial charge in [-0.2, -0.15) is 0 Å². The number of halogens is 1. The van der Waals surface area contributed by atoms with Crippen LogP contribution < -0.4 is 5.56 Å². The van der Waals surface area contributed by atoms with Gasteiger partial charge in [0, 0.05) is 22.9 Å². The number of hydrogen-bond acceptors (Lipinski definition) is 2. The summed E-state index contributed by atoms with van der Waals surface area (Å²) in [6.07, 6.45) is 3.48. The van der Waals surface area contributed by atoms with Gasteiger partial charge >= 0.3 is 0 Å². The van der Waals surface area contributed by atoms with Crippen molar-refractivity contribution in [3.63, 3.8) is 0 Å². The maximum Gasteiger partial charge on any atom is 0.250 e. The first-order valence-corrected chi connectivity index (χ1v) is 5.31. The van der Waals surface area contributed by atoms with Crippen molar-refractivity contribution in [2.24, 2.45) is 0 Å². The lowest BCUT2D eigenvalue weighted by molar-refractivity contribution is 0.739. The third-order valence-electron chi connectivity index (χ3n) is 2.02. The van der Waals surface area contributed by atoms with Crippen LogP contribution in [0.3, 0.4) is 0 Å². The quantitative estimate of drug-likeness (QED) is 0.833. The van der Waals surface area contributed by atoms with Gasteiger partial charge in [-0.15, -0.1) is 0 Å². The van der Waals surface area contributed by atoms with Crippen LogP contribution in [0.25, 0.3) is 0 Å². The second-order valence-corrected chi connectivity index (χ2v) is 4.05. The Labute approximate surface area is 95.5 Å². The van der Waals surface area contributed by atoms with Crippen molar-refractivity contribution < 1.29 is 0 Å². The Kier molecular flexibility index (Phi) is 2.97. The van der Waals surface area contributed by atoms with Crippen molar-refractivity contribution in [3.05, 3.63) is 63.2 Å². The minimum atomic E-state index is -0.0118. The third-order valence-corrected chi connectivity index (χ3v) is 2.49. The van der Waals surface area contributed by atoms with Gasteiger partial charge in [0.15, 0.2) is 0 Å². The smallest absolute Gasteiger partial charge is 0.250 e. The van der Waals surface area contributed by atoms with E-state index in [1.165, 1.54) is 0 Å². The highest BCUT2D eigenvalue weighted by molar-refractivity contribution is 9.10. The summed E-state index contributed by atoms with van der Waals surface area (Å²) in [5.74, 6) is 0. The van der Waals surface area contributed by atoms with Gasteiger partial charge in [0.2, 0.25) is 0 Å². The summed E-state index contributed by atoms with van der Waals surface area (Å²) in [5, 5.41) is 0. The first-order valence-electron chi connectivity index (χ1n) is 4.51. The molecule has 0 atom stereocenters. The molecule has 0 amide bonds. The maximum absolute atomic E-state index is 11.4. The zero-order chi connectivity index (χ0) is 10.7. The Morgan fingerprint density at radius 3 is 2.80 bits per heavy atom. The van der Waals surface area contributed by atoms with Crippen LogP contribution in [-0.4, -0.2) is 9.55 Å². The number of aromatic nitrogens is 2. The SMILES string of the molecule is O=c1ccccn1Cc1ccc(Br)cn1. The molecule has 2 rings (SSSR count). The van der Waals surface area contributed by atoms with Crippen molar-refractivity contribution in [1.82, 2.24) is 9.55 Å². The topological polar surface area (TPSA) is 34.9 Å². The van der Waals surface area contributed by atoms with Crippen molar-refractivity contribution in [2.75, 3.05) is 0 Å². The van der Waals surface area contributed by atoms with Crippen molar-refractivity contribution in [1.29, 1.82) is 0 Å². The fourth-order valence-corrected chi connectivity index (χ4v) is 1.50. The molecule has 0 saturated carbocycles. The maximum atomic E-state index is 11.4. The summed E-state index contributed by atoms with van der Waals surface area (Å²) < 4.78 is 2.56. The minimum absolute atomic E-state index is 0.0118. The van der Waals surface area contributed by atoms with E-state index in [4.69, 9.17) is 0 Å². The second kappa shape index (κ2) is 4.40. The van der Waals surface area contributed by atoms with Crippen LogP contribution in [0.2, 0.25) is 0 Å². The highest BCUT2D eigenvalue weighted by atomic mass is 79.9. The van der Waals surface area contributed by atoms with Crippen LogP contribution in [0.1, 0.15) is 5.69 Å². The van der Waals surface area contributed by atoms with Gasteiger partial charge in [0.1, 0.15) is 0 Å². The summed E-state index contributed by atoms with van der Waals surface area (Å²) in [7, 11) is 0. The van der Waals surface area contributed by atoms with Crippen molar-refractivity contribution in [3.8, 4) is 0 Å². The van der Waals surface area contributed by atoms with E-state index >= 15 is 0 Å². The summed E-state index contributed by atoms with van der Waals surface area (Å²) in [6, 6.07) is 8.91. The van der Waals surface area contributed by atoms with E-state index in [0.29, 0.717) is 6.54 Å². The Balaban J connectivity index is 2.26. The lowest BCUT2D eigenvalue weighted by Crippen LogP contribution is -2.18. The molecule has 0 bridgehead atoms. The van der Waals surface area contributed by atoms with Crippen LogP contribution in [0.4, 0.5) is 0 Å². The van der Waals surface area contributed by atoms with Gasteiger partial charge in [-0.3, -0.25) is 9.78 Å². The molecule has 3 nitrogen and oxygen atoms in total. The molecule has 0 radical (unpaired) electrons. The predicted octanol–water partition coefficient (Wildman–Crippen LogP) is 2.05. The first kappa shape index (κ1) is 10.1. The van der Waals surface area contributed by atoms with Gasteiger partial charge in [-0.1, -0.05) is 6.07 Å². The molecule has 4 heteroatoms. The Bertz CT molecular complexity index is 504. The number of rotatable bonds is 2. The van der Waals surface area contributed by atoms with Crippen LogP contribution in [0, 0.1) is 0 Å². The van der Waals surface area contributed by atoms with E-state index in [9.17, 15) is 4.79 Å². The third kappa shape index (κ3) is 2.53. The molecule has 0 spiro atoms. The number of pyridine rings is 2. The molecular formula is C11H9BrN2O. The fraction of sp³-hybridized carbons (Fsp3) is 0.0909. The zero-order valence-corrected chi connectivity index (χ0v) is 9.52. The molecule has 0 N–H and O–H groups in total. The summed E-state index contributed by atoms with van der Waals surface area (Å²) in [6.45, 7) is 0.507. The van der Waals surface area contributed by atoms with Gasteiger partial charge in [0.25, 0.3) is 5.56 Å². The Hall–Kier alpha value is -1.42. The molecule has 2 aromatic heterocycles. The Morgan fingerprint density at radius 1 is 1.27 bits per heavy atom. The molecule has 2 heterocycles. The van der Waals surface area contributed by atoms with E-state index in [0.717, 1.165) is 10.2 Å². The molecule has 0 unspecified atom stereocenters. The van der Waals surface area contributed by atoms with E-state index < -0.39 is 0 Å². The lowest BCUT2D eigenvalue weighted by Gasteiger charge is -2.03. The monoisotopic (exact) mass is 264 g/mol. The lowest BCUT2D eigenvalue weighted by atomic mass is 10.3.